The molecular formula is C11H16N2O2. The van der Waals surface area contributed by atoms with Crippen molar-refractivity contribution < 1.29 is 9.90 Å². The van der Waals surface area contributed by atoms with Crippen LogP contribution >= 0.6 is 0 Å². The maximum Gasteiger partial charge on any atom is 0.319 e. The van der Waals surface area contributed by atoms with E-state index < -0.39 is 0 Å². The van der Waals surface area contributed by atoms with E-state index in [-0.39, 0.29) is 17.3 Å². The van der Waals surface area contributed by atoms with Crippen molar-refractivity contribution in [1.82, 2.24) is 5.32 Å². The molecule has 4 nitrogen and oxygen atoms in total. The van der Waals surface area contributed by atoms with Crippen LogP contribution in [0.1, 0.15) is 20.8 Å². The van der Waals surface area contributed by atoms with Crippen LogP contribution in [0.5, 0.6) is 5.75 Å². The molecule has 0 radical (unpaired) electrons. The van der Waals surface area contributed by atoms with Crippen LogP contribution in [0.15, 0.2) is 24.3 Å². The normalized spacial score (nSPS) is 10.9. The first-order valence-electron chi connectivity index (χ1n) is 4.75. The fourth-order valence-corrected chi connectivity index (χ4v) is 1.09. The molecule has 0 atom stereocenters. The molecule has 0 fully saturated rings. The molecule has 0 aliphatic heterocycles. The van der Waals surface area contributed by atoms with E-state index in [1.54, 1.807) is 18.2 Å². The number of amides is 2. The highest BCUT2D eigenvalue weighted by Gasteiger charge is 2.13. The van der Waals surface area contributed by atoms with E-state index in [1.165, 1.54) is 6.07 Å². The summed E-state index contributed by atoms with van der Waals surface area (Å²) in [5.74, 6) is 0.128. The molecule has 0 aliphatic carbocycles. The number of benzene rings is 1. The number of nitrogens with one attached hydrogen (secondary N) is 2. The Morgan fingerprint density at radius 1 is 1.33 bits per heavy atom. The van der Waals surface area contributed by atoms with Gasteiger partial charge in [-0.3, -0.25) is 0 Å². The maximum atomic E-state index is 11.4. The summed E-state index contributed by atoms with van der Waals surface area (Å²) >= 11 is 0. The molecule has 0 heterocycles. The Morgan fingerprint density at radius 3 is 2.53 bits per heavy atom. The topological polar surface area (TPSA) is 61.4 Å². The number of carbonyl (C=O) groups is 1. The van der Waals surface area contributed by atoms with Crippen LogP contribution in [0.3, 0.4) is 0 Å². The van der Waals surface area contributed by atoms with Crippen molar-refractivity contribution in [3.05, 3.63) is 24.3 Å². The second kappa shape index (κ2) is 4.21. The van der Waals surface area contributed by atoms with Crippen LogP contribution in [-0.4, -0.2) is 16.7 Å². The molecule has 82 valence electrons. The van der Waals surface area contributed by atoms with Crippen molar-refractivity contribution in [2.24, 2.45) is 0 Å². The highest BCUT2D eigenvalue weighted by molar-refractivity contribution is 5.89. The van der Waals surface area contributed by atoms with E-state index in [2.05, 4.69) is 10.6 Å². The van der Waals surface area contributed by atoms with Gasteiger partial charge >= 0.3 is 6.03 Å². The summed E-state index contributed by atoms with van der Waals surface area (Å²) < 4.78 is 0. The summed E-state index contributed by atoms with van der Waals surface area (Å²) in [5.41, 5.74) is 0.290. The number of rotatable bonds is 1. The van der Waals surface area contributed by atoms with Gasteiger partial charge in [-0.15, -0.1) is 0 Å². The number of anilines is 1. The molecule has 4 heteroatoms. The number of hydrogen-bond acceptors (Lipinski definition) is 2. The Hall–Kier alpha value is -1.71. The summed E-state index contributed by atoms with van der Waals surface area (Å²) in [7, 11) is 0. The number of aromatic hydroxyl groups is 1. The monoisotopic (exact) mass is 208 g/mol. The number of phenols is 1. The summed E-state index contributed by atoms with van der Waals surface area (Å²) in [4.78, 5) is 11.4. The zero-order valence-corrected chi connectivity index (χ0v) is 9.16. The maximum absolute atomic E-state index is 11.4. The quantitative estimate of drug-likeness (QED) is 0.663. The standard InChI is InChI=1S/C11H16N2O2/c1-11(2,3)13-10(15)12-8-5-4-6-9(14)7-8/h4-7,14H,1-3H3,(H2,12,13,15). The van der Waals surface area contributed by atoms with Crippen molar-refractivity contribution in [2.45, 2.75) is 26.3 Å². The lowest BCUT2D eigenvalue weighted by molar-refractivity contribution is 0.244. The summed E-state index contributed by atoms with van der Waals surface area (Å²) in [5, 5.41) is 14.6. The number of phenolic OH excluding ortho intramolecular Hbond substituents is 1. The van der Waals surface area contributed by atoms with Gasteiger partial charge in [0.25, 0.3) is 0 Å². The summed E-state index contributed by atoms with van der Waals surface area (Å²) in [6.07, 6.45) is 0. The number of carbonyl (C=O) groups excluding carboxylic acids is 1. The lowest BCUT2D eigenvalue weighted by atomic mass is 10.1. The molecule has 0 unspecified atom stereocenters. The molecule has 0 bridgehead atoms. The molecule has 3 N–H and O–H groups in total. The van der Waals surface area contributed by atoms with E-state index in [9.17, 15) is 9.90 Å². The van der Waals surface area contributed by atoms with Crippen molar-refractivity contribution >= 4 is 11.7 Å². The van der Waals surface area contributed by atoms with Gasteiger partial charge in [-0.2, -0.15) is 0 Å². The van der Waals surface area contributed by atoms with Crippen LogP contribution in [0.2, 0.25) is 0 Å². The third-order valence-corrected chi connectivity index (χ3v) is 1.59. The molecule has 0 spiro atoms. The third kappa shape index (κ3) is 4.35. The zero-order chi connectivity index (χ0) is 11.5. The van der Waals surface area contributed by atoms with Crippen LogP contribution < -0.4 is 10.6 Å². The molecule has 1 rings (SSSR count). The lowest BCUT2D eigenvalue weighted by Gasteiger charge is -2.20. The molecule has 1 aromatic carbocycles. The molecule has 0 aliphatic rings. The minimum atomic E-state index is -0.284. The highest BCUT2D eigenvalue weighted by Crippen LogP contribution is 2.15. The van der Waals surface area contributed by atoms with Crippen LogP contribution in [0.4, 0.5) is 10.5 Å². The third-order valence-electron chi connectivity index (χ3n) is 1.59. The predicted octanol–water partition coefficient (Wildman–Crippen LogP) is 2.31. The first kappa shape index (κ1) is 11.4. The Morgan fingerprint density at radius 2 is 2.00 bits per heavy atom. The zero-order valence-electron chi connectivity index (χ0n) is 9.16. The molecule has 1 aromatic rings. The van der Waals surface area contributed by atoms with Gasteiger partial charge in [-0.25, -0.2) is 4.79 Å². The van der Waals surface area contributed by atoms with Crippen LogP contribution in [0.25, 0.3) is 0 Å². The Kier molecular flexibility index (Phi) is 3.19. The second-order valence-corrected chi connectivity index (χ2v) is 4.38. The van der Waals surface area contributed by atoms with Crippen molar-refractivity contribution in [3.8, 4) is 5.75 Å². The van der Waals surface area contributed by atoms with Crippen LogP contribution in [0, 0.1) is 0 Å². The average molecular weight is 208 g/mol. The fraction of sp³-hybridized carbons (Fsp3) is 0.364. The molecule has 0 aromatic heterocycles. The fourth-order valence-electron chi connectivity index (χ4n) is 1.09. The smallest absolute Gasteiger partial charge is 0.319 e. The highest BCUT2D eigenvalue weighted by atomic mass is 16.3. The van der Waals surface area contributed by atoms with Gasteiger partial charge in [0.1, 0.15) is 5.75 Å². The van der Waals surface area contributed by atoms with Gasteiger partial charge < -0.3 is 15.7 Å². The van der Waals surface area contributed by atoms with Crippen molar-refractivity contribution in [2.75, 3.05) is 5.32 Å². The summed E-state index contributed by atoms with van der Waals surface area (Å²) in [6.45, 7) is 5.69. The molecular weight excluding hydrogens is 192 g/mol. The molecule has 2 amide bonds. The average Bonchev–Trinajstić information content (AvgIpc) is 1.99. The Balaban J connectivity index is 2.59. The van der Waals surface area contributed by atoms with Gasteiger partial charge in [-0.05, 0) is 32.9 Å². The van der Waals surface area contributed by atoms with E-state index in [1.807, 2.05) is 20.8 Å². The predicted molar refractivity (Wildman–Crippen MR) is 60.0 cm³/mol. The molecule has 0 saturated heterocycles. The lowest BCUT2D eigenvalue weighted by Crippen LogP contribution is -2.43. The van der Waals surface area contributed by atoms with Gasteiger partial charge in [-0.1, -0.05) is 6.07 Å². The number of hydrogen-bond donors (Lipinski definition) is 3. The largest absolute Gasteiger partial charge is 0.508 e. The van der Waals surface area contributed by atoms with Gasteiger partial charge in [0.05, 0.1) is 0 Å². The van der Waals surface area contributed by atoms with Crippen molar-refractivity contribution in [1.29, 1.82) is 0 Å². The van der Waals surface area contributed by atoms with E-state index in [0.29, 0.717) is 5.69 Å². The van der Waals surface area contributed by atoms with Crippen molar-refractivity contribution in [3.63, 3.8) is 0 Å². The first-order valence-corrected chi connectivity index (χ1v) is 4.75. The Bertz CT molecular complexity index is 356. The SMILES string of the molecule is CC(C)(C)NC(=O)Nc1cccc(O)c1. The van der Waals surface area contributed by atoms with Gasteiger partial charge in [0, 0.05) is 17.3 Å². The van der Waals surface area contributed by atoms with Gasteiger partial charge in [0.15, 0.2) is 0 Å². The molecule has 15 heavy (non-hydrogen) atoms. The first-order chi connectivity index (χ1) is 6.87. The Labute approximate surface area is 89.3 Å². The minimum absolute atomic E-state index is 0.128. The summed E-state index contributed by atoms with van der Waals surface area (Å²) in [6, 6.07) is 6.13. The van der Waals surface area contributed by atoms with E-state index in [0.717, 1.165) is 0 Å². The second-order valence-electron chi connectivity index (χ2n) is 4.38. The van der Waals surface area contributed by atoms with E-state index >= 15 is 0 Å². The molecule has 0 saturated carbocycles. The van der Waals surface area contributed by atoms with Crippen LogP contribution in [-0.2, 0) is 0 Å². The van der Waals surface area contributed by atoms with Gasteiger partial charge in [0.2, 0.25) is 0 Å². The minimum Gasteiger partial charge on any atom is -0.508 e. The number of urea groups is 1. The van der Waals surface area contributed by atoms with E-state index in [4.69, 9.17) is 0 Å².